The number of rotatable bonds is 5. The van der Waals surface area contributed by atoms with Gasteiger partial charge in [0, 0.05) is 17.1 Å². The molecule has 2 N–H and O–H groups in total. The first kappa shape index (κ1) is 16.8. The molecule has 118 valence electrons. The molecule has 2 rings (SSSR count). The second-order valence-electron chi connectivity index (χ2n) is 4.98. The topological polar surface area (TPSA) is 67.2 Å². The highest BCUT2D eigenvalue weighted by molar-refractivity contribution is 6.32. The van der Waals surface area contributed by atoms with Gasteiger partial charge in [0.05, 0.1) is 22.5 Å². The van der Waals surface area contributed by atoms with Crippen LogP contribution in [0.4, 0.5) is 0 Å². The number of aliphatic hydroxyl groups excluding tert-OH is 1. The highest BCUT2D eigenvalue weighted by atomic mass is 35.5. The maximum Gasteiger partial charge on any atom is 0.241 e. The summed E-state index contributed by atoms with van der Waals surface area (Å²) in [7, 11) is 0. The van der Waals surface area contributed by atoms with Gasteiger partial charge in [-0.1, -0.05) is 41.4 Å². The van der Waals surface area contributed by atoms with Gasteiger partial charge in [-0.25, -0.2) is 0 Å². The molecule has 1 amide bonds. The molecule has 0 radical (unpaired) electrons. The third-order valence-electron chi connectivity index (χ3n) is 3.34. The number of carbonyl (C=O) groups excluding carboxylic acids is 1. The average Bonchev–Trinajstić information content (AvgIpc) is 2.72. The van der Waals surface area contributed by atoms with E-state index in [4.69, 9.17) is 23.2 Å². The van der Waals surface area contributed by atoms with E-state index in [0.717, 1.165) is 5.69 Å². The van der Waals surface area contributed by atoms with Gasteiger partial charge in [-0.3, -0.25) is 9.48 Å². The highest BCUT2D eigenvalue weighted by Crippen LogP contribution is 2.22. The quantitative estimate of drug-likeness (QED) is 0.878. The molecule has 7 heteroatoms. The van der Waals surface area contributed by atoms with E-state index in [9.17, 15) is 9.90 Å². The van der Waals surface area contributed by atoms with Gasteiger partial charge in [0.15, 0.2) is 0 Å². The van der Waals surface area contributed by atoms with Crippen LogP contribution in [0.3, 0.4) is 0 Å². The van der Waals surface area contributed by atoms with Crippen molar-refractivity contribution in [3.8, 4) is 0 Å². The van der Waals surface area contributed by atoms with Crippen molar-refractivity contribution < 1.29 is 9.90 Å². The van der Waals surface area contributed by atoms with Crippen molar-refractivity contribution in [3.63, 3.8) is 0 Å². The molecule has 22 heavy (non-hydrogen) atoms. The molecule has 0 spiro atoms. The molecule has 1 unspecified atom stereocenters. The Labute approximate surface area is 138 Å². The van der Waals surface area contributed by atoms with E-state index in [2.05, 4.69) is 10.4 Å². The van der Waals surface area contributed by atoms with E-state index in [0.29, 0.717) is 21.3 Å². The third kappa shape index (κ3) is 3.80. The Morgan fingerprint density at radius 3 is 2.64 bits per heavy atom. The van der Waals surface area contributed by atoms with Crippen LogP contribution in [-0.2, 0) is 11.3 Å². The number of halogens is 2. The second kappa shape index (κ2) is 7.13. The smallest absolute Gasteiger partial charge is 0.241 e. The number of benzene rings is 1. The minimum absolute atomic E-state index is 0.0502. The molecule has 2 aromatic rings. The van der Waals surface area contributed by atoms with Crippen LogP contribution >= 0.6 is 23.2 Å². The number of nitrogens with one attached hydrogen (secondary N) is 1. The number of aliphatic hydroxyl groups is 1. The molecule has 0 saturated carbocycles. The van der Waals surface area contributed by atoms with Crippen LogP contribution in [0.1, 0.15) is 23.1 Å². The van der Waals surface area contributed by atoms with Crippen molar-refractivity contribution in [2.45, 2.75) is 26.5 Å². The van der Waals surface area contributed by atoms with Crippen molar-refractivity contribution in [3.05, 3.63) is 51.3 Å². The van der Waals surface area contributed by atoms with E-state index in [1.807, 2.05) is 0 Å². The zero-order chi connectivity index (χ0) is 16.3. The predicted octanol–water partition coefficient (Wildman–Crippen LogP) is 2.66. The summed E-state index contributed by atoms with van der Waals surface area (Å²) in [5.41, 5.74) is 2.00. The fraction of sp³-hybridized carbons (Fsp3) is 0.333. The minimum Gasteiger partial charge on any atom is -0.387 e. The van der Waals surface area contributed by atoms with Crippen molar-refractivity contribution in [1.82, 2.24) is 15.1 Å². The van der Waals surface area contributed by atoms with E-state index in [1.54, 1.807) is 38.1 Å². The Balaban J connectivity index is 1.93. The molecule has 5 nitrogen and oxygen atoms in total. The van der Waals surface area contributed by atoms with Gasteiger partial charge >= 0.3 is 0 Å². The Morgan fingerprint density at radius 1 is 1.36 bits per heavy atom. The zero-order valence-corrected chi connectivity index (χ0v) is 13.8. The minimum atomic E-state index is -0.860. The van der Waals surface area contributed by atoms with Crippen LogP contribution in [0.2, 0.25) is 10.0 Å². The summed E-state index contributed by atoms with van der Waals surface area (Å²) >= 11 is 12.0. The Morgan fingerprint density at radius 2 is 2.05 bits per heavy atom. The van der Waals surface area contributed by atoms with Crippen LogP contribution in [0.25, 0.3) is 0 Å². The van der Waals surface area contributed by atoms with Crippen LogP contribution < -0.4 is 5.32 Å². The summed E-state index contributed by atoms with van der Waals surface area (Å²) in [5, 5.41) is 18.0. The average molecular weight is 342 g/mol. The summed E-state index contributed by atoms with van der Waals surface area (Å²) in [6.07, 6.45) is -0.860. The van der Waals surface area contributed by atoms with Gasteiger partial charge in [0.2, 0.25) is 5.91 Å². The first-order chi connectivity index (χ1) is 10.4. The fourth-order valence-corrected chi connectivity index (χ4v) is 2.48. The lowest BCUT2D eigenvalue weighted by Gasteiger charge is -2.14. The van der Waals surface area contributed by atoms with E-state index in [1.165, 1.54) is 4.68 Å². The zero-order valence-electron chi connectivity index (χ0n) is 12.3. The maximum atomic E-state index is 11.9. The number of aryl methyl sites for hydroxylation is 1. The summed E-state index contributed by atoms with van der Waals surface area (Å²) in [5.74, 6) is -0.256. The van der Waals surface area contributed by atoms with Crippen molar-refractivity contribution >= 4 is 29.1 Å². The SMILES string of the molecule is Cc1nn(CC(=O)NCC(O)c2ccccc2Cl)c(C)c1Cl. The van der Waals surface area contributed by atoms with Crippen molar-refractivity contribution in [2.24, 2.45) is 0 Å². The number of amides is 1. The molecule has 0 fully saturated rings. The summed E-state index contributed by atoms with van der Waals surface area (Å²) in [4.78, 5) is 11.9. The normalized spacial score (nSPS) is 12.2. The van der Waals surface area contributed by atoms with Gasteiger partial charge in [-0.05, 0) is 19.9 Å². The van der Waals surface area contributed by atoms with Gasteiger partial charge in [-0.2, -0.15) is 5.10 Å². The lowest BCUT2D eigenvalue weighted by atomic mass is 10.1. The molecular formula is C15H17Cl2N3O2. The summed E-state index contributed by atoms with van der Waals surface area (Å²) in [6, 6.07) is 6.98. The van der Waals surface area contributed by atoms with E-state index in [-0.39, 0.29) is 19.0 Å². The lowest BCUT2D eigenvalue weighted by molar-refractivity contribution is -0.122. The summed E-state index contributed by atoms with van der Waals surface area (Å²) < 4.78 is 1.54. The first-order valence-electron chi connectivity index (χ1n) is 6.79. The molecule has 1 heterocycles. The fourth-order valence-electron chi connectivity index (χ4n) is 2.09. The highest BCUT2D eigenvalue weighted by Gasteiger charge is 2.15. The third-order valence-corrected chi connectivity index (χ3v) is 4.23. The van der Waals surface area contributed by atoms with Gasteiger partial charge in [0.1, 0.15) is 6.54 Å². The van der Waals surface area contributed by atoms with Crippen molar-refractivity contribution in [2.75, 3.05) is 6.54 Å². The molecule has 0 aliphatic carbocycles. The van der Waals surface area contributed by atoms with Crippen molar-refractivity contribution in [1.29, 1.82) is 0 Å². The Bertz CT molecular complexity index is 685. The molecule has 0 bridgehead atoms. The van der Waals surface area contributed by atoms with Crippen LogP contribution in [0.5, 0.6) is 0 Å². The largest absolute Gasteiger partial charge is 0.387 e. The number of aromatic nitrogens is 2. The molecule has 0 aliphatic heterocycles. The predicted molar refractivity (Wildman–Crippen MR) is 86.1 cm³/mol. The lowest BCUT2D eigenvalue weighted by Crippen LogP contribution is -2.32. The van der Waals surface area contributed by atoms with Crippen LogP contribution in [-0.4, -0.2) is 27.3 Å². The summed E-state index contributed by atoms with van der Waals surface area (Å²) in [6.45, 7) is 3.71. The Kier molecular flexibility index (Phi) is 5.45. The second-order valence-corrected chi connectivity index (χ2v) is 5.77. The number of hydrogen-bond donors (Lipinski definition) is 2. The van der Waals surface area contributed by atoms with Crippen LogP contribution in [0, 0.1) is 13.8 Å². The molecule has 1 atom stereocenters. The van der Waals surface area contributed by atoms with E-state index >= 15 is 0 Å². The Hall–Kier alpha value is -1.56. The molecule has 0 saturated heterocycles. The molecule has 1 aromatic heterocycles. The van der Waals surface area contributed by atoms with Gasteiger partial charge < -0.3 is 10.4 Å². The molecule has 1 aromatic carbocycles. The first-order valence-corrected chi connectivity index (χ1v) is 7.54. The van der Waals surface area contributed by atoms with E-state index < -0.39 is 6.10 Å². The number of hydrogen-bond acceptors (Lipinski definition) is 3. The molecule has 0 aliphatic rings. The monoisotopic (exact) mass is 341 g/mol. The van der Waals surface area contributed by atoms with Gasteiger partial charge in [0.25, 0.3) is 0 Å². The van der Waals surface area contributed by atoms with Gasteiger partial charge in [-0.15, -0.1) is 0 Å². The number of nitrogens with zero attached hydrogens (tertiary/aromatic N) is 2. The number of carbonyl (C=O) groups is 1. The van der Waals surface area contributed by atoms with Crippen LogP contribution in [0.15, 0.2) is 24.3 Å². The standard InChI is InChI=1S/C15H17Cl2N3O2/c1-9-15(17)10(2)20(19-9)8-14(22)18-7-13(21)11-5-3-4-6-12(11)16/h3-6,13,21H,7-8H2,1-2H3,(H,18,22). The maximum absolute atomic E-state index is 11.9. The molecular weight excluding hydrogens is 325 g/mol.